The van der Waals surface area contributed by atoms with Crippen LogP contribution in [0.5, 0.6) is 0 Å². The molecular weight excluding hydrogens is 276 g/mol. The zero-order chi connectivity index (χ0) is 15.7. The molecule has 22 heavy (non-hydrogen) atoms. The van der Waals surface area contributed by atoms with Crippen molar-refractivity contribution in [1.82, 2.24) is 0 Å². The summed E-state index contributed by atoms with van der Waals surface area (Å²) >= 11 is 0. The Morgan fingerprint density at radius 2 is 1.86 bits per heavy atom. The van der Waals surface area contributed by atoms with Crippen molar-refractivity contribution in [2.24, 2.45) is 0 Å². The van der Waals surface area contributed by atoms with Crippen molar-refractivity contribution in [3.05, 3.63) is 81.2 Å². The maximum Gasteiger partial charge on any atom is 0.340 e. The van der Waals surface area contributed by atoms with Crippen molar-refractivity contribution >= 4 is 11.0 Å². The van der Waals surface area contributed by atoms with Crippen LogP contribution in [0, 0.1) is 6.92 Å². The average Bonchev–Trinajstić information content (AvgIpc) is 2.52. The van der Waals surface area contributed by atoms with Gasteiger partial charge in [0.2, 0.25) is 0 Å². The van der Waals surface area contributed by atoms with Crippen LogP contribution in [-0.2, 0) is 6.42 Å². The predicted octanol–water partition coefficient (Wildman–Crippen LogP) is 3.75. The minimum absolute atomic E-state index is 0.309. The van der Waals surface area contributed by atoms with Crippen molar-refractivity contribution < 1.29 is 9.52 Å². The van der Waals surface area contributed by atoms with Crippen LogP contribution in [0.4, 0.5) is 0 Å². The van der Waals surface area contributed by atoms with Crippen LogP contribution in [0.2, 0.25) is 0 Å². The van der Waals surface area contributed by atoms with Crippen LogP contribution in [0.25, 0.3) is 11.0 Å². The van der Waals surface area contributed by atoms with Crippen LogP contribution in [-0.4, -0.2) is 5.11 Å². The Kier molecular flexibility index (Phi) is 3.82. The molecule has 1 aromatic heterocycles. The first-order valence-electron chi connectivity index (χ1n) is 7.34. The molecule has 0 spiro atoms. The summed E-state index contributed by atoms with van der Waals surface area (Å²) in [6.45, 7) is 3.63. The highest BCUT2D eigenvalue weighted by molar-refractivity contribution is 5.81. The van der Waals surface area contributed by atoms with E-state index in [1.54, 1.807) is 13.0 Å². The van der Waals surface area contributed by atoms with E-state index in [0.717, 1.165) is 22.1 Å². The summed E-state index contributed by atoms with van der Waals surface area (Å²) in [5.74, 6) is 0. The maximum absolute atomic E-state index is 12.3. The Hall–Kier alpha value is -2.39. The monoisotopic (exact) mass is 294 g/mol. The molecule has 1 unspecified atom stereocenters. The van der Waals surface area contributed by atoms with E-state index in [1.807, 2.05) is 49.4 Å². The third-order valence-electron chi connectivity index (χ3n) is 4.02. The fraction of sp³-hybridized carbons (Fsp3) is 0.211. The quantitative estimate of drug-likeness (QED) is 0.749. The standard InChI is InChI=1S/C19H18O3/c1-12-16-9-8-15(13(2)20)11-18(16)22-19(21)17(12)10-14-6-4-3-5-7-14/h3-9,11,13,20H,10H2,1-2H3. The summed E-state index contributed by atoms with van der Waals surface area (Å²) in [5.41, 5.74) is 3.66. The second-order valence-electron chi connectivity index (χ2n) is 5.59. The average molecular weight is 294 g/mol. The number of aliphatic hydroxyl groups excluding tert-OH is 1. The van der Waals surface area contributed by atoms with Crippen LogP contribution in [0.3, 0.4) is 0 Å². The SMILES string of the molecule is Cc1c(Cc2ccccc2)c(=O)oc2cc(C(C)O)ccc12. The largest absolute Gasteiger partial charge is 0.422 e. The summed E-state index contributed by atoms with van der Waals surface area (Å²) in [4.78, 5) is 12.3. The first-order chi connectivity index (χ1) is 10.6. The van der Waals surface area contributed by atoms with Gasteiger partial charge < -0.3 is 9.52 Å². The minimum Gasteiger partial charge on any atom is -0.422 e. The zero-order valence-electron chi connectivity index (χ0n) is 12.7. The molecule has 1 heterocycles. The van der Waals surface area contributed by atoms with Gasteiger partial charge in [0.15, 0.2) is 0 Å². The van der Waals surface area contributed by atoms with E-state index in [4.69, 9.17) is 4.42 Å². The topological polar surface area (TPSA) is 50.4 Å². The van der Waals surface area contributed by atoms with Crippen molar-refractivity contribution in [2.75, 3.05) is 0 Å². The summed E-state index contributed by atoms with van der Waals surface area (Å²) in [6, 6.07) is 15.4. The number of aliphatic hydroxyl groups is 1. The van der Waals surface area contributed by atoms with Gasteiger partial charge in [0, 0.05) is 17.4 Å². The van der Waals surface area contributed by atoms with Gasteiger partial charge in [-0.1, -0.05) is 42.5 Å². The van der Waals surface area contributed by atoms with Gasteiger partial charge in [0.1, 0.15) is 5.58 Å². The van der Waals surface area contributed by atoms with Crippen molar-refractivity contribution in [3.63, 3.8) is 0 Å². The normalized spacial score (nSPS) is 12.5. The lowest BCUT2D eigenvalue weighted by Crippen LogP contribution is -2.11. The minimum atomic E-state index is -0.584. The first-order valence-corrected chi connectivity index (χ1v) is 7.34. The molecule has 0 saturated heterocycles. The number of rotatable bonds is 3. The van der Waals surface area contributed by atoms with Crippen molar-refractivity contribution in [2.45, 2.75) is 26.4 Å². The van der Waals surface area contributed by atoms with Crippen molar-refractivity contribution in [1.29, 1.82) is 0 Å². The van der Waals surface area contributed by atoms with Gasteiger partial charge in [-0.25, -0.2) is 4.79 Å². The molecule has 3 aromatic rings. The third-order valence-corrected chi connectivity index (χ3v) is 4.02. The lowest BCUT2D eigenvalue weighted by atomic mass is 9.98. The molecule has 0 aliphatic carbocycles. The number of benzene rings is 2. The second kappa shape index (κ2) is 5.78. The maximum atomic E-state index is 12.3. The molecular formula is C19H18O3. The number of aryl methyl sites for hydroxylation is 1. The molecule has 0 amide bonds. The van der Waals surface area contributed by atoms with E-state index < -0.39 is 6.10 Å². The molecule has 3 nitrogen and oxygen atoms in total. The Labute approximate surface area is 128 Å². The van der Waals surface area contributed by atoms with Crippen LogP contribution < -0.4 is 5.63 Å². The van der Waals surface area contributed by atoms with Gasteiger partial charge in [0.25, 0.3) is 0 Å². The van der Waals surface area contributed by atoms with Gasteiger partial charge in [-0.15, -0.1) is 0 Å². The van der Waals surface area contributed by atoms with Gasteiger partial charge in [-0.2, -0.15) is 0 Å². The lowest BCUT2D eigenvalue weighted by Gasteiger charge is -2.10. The molecule has 1 atom stereocenters. The highest BCUT2D eigenvalue weighted by atomic mass is 16.4. The van der Waals surface area contributed by atoms with E-state index in [-0.39, 0.29) is 5.63 Å². The van der Waals surface area contributed by atoms with Crippen LogP contribution in [0.1, 0.15) is 35.3 Å². The number of hydrogen-bond acceptors (Lipinski definition) is 3. The zero-order valence-corrected chi connectivity index (χ0v) is 12.7. The molecule has 1 N–H and O–H groups in total. The first kappa shape index (κ1) is 14.5. The van der Waals surface area contributed by atoms with Gasteiger partial charge in [0.05, 0.1) is 6.10 Å². The highest BCUT2D eigenvalue weighted by Crippen LogP contribution is 2.24. The Morgan fingerprint density at radius 1 is 1.14 bits per heavy atom. The molecule has 2 aromatic carbocycles. The molecule has 3 heteroatoms. The summed E-state index contributed by atoms with van der Waals surface area (Å²) < 4.78 is 5.47. The smallest absolute Gasteiger partial charge is 0.340 e. The Bertz CT molecular complexity index is 861. The van der Waals surface area contributed by atoms with Crippen LogP contribution >= 0.6 is 0 Å². The summed E-state index contributed by atoms with van der Waals surface area (Å²) in [7, 11) is 0. The molecule has 112 valence electrons. The Balaban J connectivity index is 2.13. The summed E-state index contributed by atoms with van der Waals surface area (Å²) in [5, 5.41) is 10.6. The Morgan fingerprint density at radius 3 is 2.55 bits per heavy atom. The molecule has 3 rings (SSSR count). The fourth-order valence-electron chi connectivity index (χ4n) is 2.67. The van der Waals surface area contributed by atoms with E-state index in [1.165, 1.54) is 0 Å². The van der Waals surface area contributed by atoms with E-state index in [9.17, 15) is 9.90 Å². The molecule has 0 fully saturated rings. The second-order valence-corrected chi connectivity index (χ2v) is 5.59. The highest BCUT2D eigenvalue weighted by Gasteiger charge is 2.13. The van der Waals surface area contributed by atoms with Gasteiger partial charge in [-0.3, -0.25) is 0 Å². The van der Waals surface area contributed by atoms with Crippen LogP contribution in [0.15, 0.2) is 57.7 Å². The molecule has 0 radical (unpaired) electrons. The molecule has 0 aliphatic rings. The van der Waals surface area contributed by atoms with E-state index >= 15 is 0 Å². The third kappa shape index (κ3) is 2.68. The lowest BCUT2D eigenvalue weighted by molar-refractivity contribution is 0.199. The van der Waals surface area contributed by atoms with Gasteiger partial charge in [-0.05, 0) is 36.6 Å². The molecule has 0 aliphatic heterocycles. The van der Waals surface area contributed by atoms with Gasteiger partial charge >= 0.3 is 5.63 Å². The van der Waals surface area contributed by atoms with Crippen molar-refractivity contribution in [3.8, 4) is 0 Å². The predicted molar refractivity (Wildman–Crippen MR) is 87.1 cm³/mol. The fourth-order valence-corrected chi connectivity index (χ4v) is 2.67. The molecule has 0 saturated carbocycles. The van der Waals surface area contributed by atoms with E-state index in [2.05, 4.69) is 0 Å². The molecule has 0 bridgehead atoms. The number of hydrogen-bond donors (Lipinski definition) is 1. The number of fused-ring (bicyclic) bond motifs is 1. The summed E-state index contributed by atoms with van der Waals surface area (Å²) in [6.07, 6.45) is -0.0256. The van der Waals surface area contributed by atoms with E-state index in [0.29, 0.717) is 17.6 Å².